The van der Waals surface area contributed by atoms with Crippen LogP contribution in [-0.2, 0) is 9.59 Å². The van der Waals surface area contributed by atoms with Crippen LogP contribution in [0.2, 0.25) is 0 Å². The predicted molar refractivity (Wildman–Crippen MR) is 114 cm³/mol. The van der Waals surface area contributed by atoms with Crippen molar-refractivity contribution in [3.63, 3.8) is 0 Å². The highest BCUT2D eigenvalue weighted by Gasteiger charge is 2.39. The van der Waals surface area contributed by atoms with Crippen molar-refractivity contribution in [1.82, 2.24) is 15.1 Å². The zero-order valence-electron chi connectivity index (χ0n) is 18.0. The van der Waals surface area contributed by atoms with Gasteiger partial charge in [-0.2, -0.15) is 0 Å². The Kier molecular flexibility index (Phi) is 6.77. The van der Waals surface area contributed by atoms with Crippen molar-refractivity contribution in [3.05, 3.63) is 34.4 Å². The van der Waals surface area contributed by atoms with Crippen LogP contribution in [0.4, 0.5) is 16.2 Å². The van der Waals surface area contributed by atoms with E-state index in [1.165, 1.54) is 24.3 Å². The monoisotopic (exact) mass is 431 g/mol. The van der Waals surface area contributed by atoms with E-state index in [2.05, 4.69) is 10.6 Å². The Balaban J connectivity index is 1.58. The molecule has 2 aliphatic rings. The number of nitrogens with one attached hydrogen (secondary N) is 2. The van der Waals surface area contributed by atoms with Gasteiger partial charge in [-0.05, 0) is 37.8 Å². The molecule has 1 saturated heterocycles. The van der Waals surface area contributed by atoms with Gasteiger partial charge in [-0.3, -0.25) is 19.7 Å². The van der Waals surface area contributed by atoms with E-state index in [1.54, 1.807) is 4.90 Å². The maximum atomic E-state index is 13.1. The number of nitrogens with zero attached hydrogens (tertiary/aromatic N) is 3. The van der Waals surface area contributed by atoms with Crippen LogP contribution in [0.1, 0.15) is 33.6 Å². The third-order valence-electron chi connectivity index (χ3n) is 5.70. The van der Waals surface area contributed by atoms with Gasteiger partial charge in [0.15, 0.2) is 0 Å². The van der Waals surface area contributed by atoms with Crippen LogP contribution in [-0.4, -0.2) is 64.3 Å². The van der Waals surface area contributed by atoms with E-state index in [-0.39, 0.29) is 35.4 Å². The zero-order chi connectivity index (χ0) is 22.7. The van der Waals surface area contributed by atoms with Gasteiger partial charge in [0.05, 0.1) is 4.92 Å². The Bertz CT molecular complexity index is 852. The van der Waals surface area contributed by atoms with Gasteiger partial charge >= 0.3 is 6.03 Å². The third-order valence-corrected chi connectivity index (χ3v) is 5.70. The first kappa shape index (κ1) is 22.5. The van der Waals surface area contributed by atoms with E-state index < -0.39 is 17.0 Å². The number of hydrogen-bond acceptors (Lipinski definition) is 5. The largest absolute Gasteiger partial charge is 0.337 e. The molecule has 10 heteroatoms. The minimum atomic E-state index is -0.726. The van der Waals surface area contributed by atoms with Gasteiger partial charge in [0, 0.05) is 49.4 Å². The summed E-state index contributed by atoms with van der Waals surface area (Å²) in [5, 5.41) is 16.1. The van der Waals surface area contributed by atoms with Gasteiger partial charge in [0.2, 0.25) is 11.8 Å². The SMILES string of the molecule is CC(C)C(NC(=O)Nc1ccc([N+](=O)[O-])cc1)C(=O)N1CCN(C(=O)C2CC2)C(C)C1. The van der Waals surface area contributed by atoms with Crippen molar-refractivity contribution in [2.24, 2.45) is 11.8 Å². The molecule has 3 rings (SSSR count). The van der Waals surface area contributed by atoms with E-state index >= 15 is 0 Å². The molecule has 2 unspecified atom stereocenters. The molecule has 1 aliphatic heterocycles. The molecule has 10 nitrogen and oxygen atoms in total. The summed E-state index contributed by atoms with van der Waals surface area (Å²) in [5.41, 5.74) is 0.313. The Morgan fingerprint density at radius 1 is 1.13 bits per heavy atom. The second-order valence-electron chi connectivity index (χ2n) is 8.56. The molecule has 2 fully saturated rings. The number of non-ortho nitro benzene ring substituents is 1. The fourth-order valence-electron chi connectivity index (χ4n) is 3.74. The van der Waals surface area contributed by atoms with Crippen molar-refractivity contribution in [3.8, 4) is 0 Å². The van der Waals surface area contributed by atoms with Crippen molar-refractivity contribution in [1.29, 1.82) is 0 Å². The highest BCUT2D eigenvalue weighted by atomic mass is 16.6. The van der Waals surface area contributed by atoms with E-state index in [9.17, 15) is 24.5 Å². The van der Waals surface area contributed by atoms with Crippen LogP contribution < -0.4 is 10.6 Å². The van der Waals surface area contributed by atoms with Gasteiger partial charge in [-0.15, -0.1) is 0 Å². The van der Waals surface area contributed by atoms with E-state index in [1.807, 2.05) is 25.7 Å². The van der Waals surface area contributed by atoms with Gasteiger partial charge in [-0.25, -0.2) is 4.79 Å². The number of carbonyl (C=O) groups is 3. The summed E-state index contributed by atoms with van der Waals surface area (Å²) in [6.45, 7) is 7.03. The smallest absolute Gasteiger partial charge is 0.319 e. The highest BCUT2D eigenvalue weighted by molar-refractivity contribution is 5.94. The number of hydrogen-bond donors (Lipinski definition) is 2. The van der Waals surface area contributed by atoms with E-state index in [4.69, 9.17) is 0 Å². The number of anilines is 1. The molecule has 0 spiro atoms. The molecular formula is C21H29N5O5. The third kappa shape index (κ3) is 5.50. The fraction of sp³-hybridized carbons (Fsp3) is 0.571. The summed E-state index contributed by atoms with van der Waals surface area (Å²) >= 11 is 0. The first-order valence-electron chi connectivity index (χ1n) is 10.6. The lowest BCUT2D eigenvalue weighted by Gasteiger charge is -2.41. The van der Waals surface area contributed by atoms with Crippen molar-refractivity contribution in [2.75, 3.05) is 25.0 Å². The predicted octanol–water partition coefficient (Wildman–Crippen LogP) is 2.21. The summed E-state index contributed by atoms with van der Waals surface area (Å²) < 4.78 is 0. The molecule has 0 aromatic heterocycles. The number of rotatable bonds is 6. The van der Waals surface area contributed by atoms with Crippen LogP contribution in [0, 0.1) is 22.0 Å². The Morgan fingerprint density at radius 3 is 2.29 bits per heavy atom. The second-order valence-corrected chi connectivity index (χ2v) is 8.56. The van der Waals surface area contributed by atoms with Crippen LogP contribution in [0.25, 0.3) is 0 Å². The van der Waals surface area contributed by atoms with Crippen LogP contribution in [0.15, 0.2) is 24.3 Å². The molecule has 1 aromatic rings. The van der Waals surface area contributed by atoms with Gasteiger partial charge in [0.25, 0.3) is 5.69 Å². The fourth-order valence-corrected chi connectivity index (χ4v) is 3.74. The molecule has 1 aliphatic carbocycles. The summed E-state index contributed by atoms with van der Waals surface area (Å²) in [6.07, 6.45) is 1.90. The normalized spacial score (nSPS) is 19.7. The quantitative estimate of drug-likeness (QED) is 0.528. The zero-order valence-corrected chi connectivity index (χ0v) is 18.0. The first-order chi connectivity index (χ1) is 14.7. The molecule has 1 aromatic carbocycles. The number of amides is 4. The van der Waals surface area contributed by atoms with Gasteiger partial charge in [0.1, 0.15) is 6.04 Å². The molecular weight excluding hydrogens is 402 g/mol. The summed E-state index contributed by atoms with van der Waals surface area (Å²) in [7, 11) is 0. The van der Waals surface area contributed by atoms with Crippen LogP contribution >= 0.6 is 0 Å². The number of carbonyl (C=O) groups excluding carboxylic acids is 3. The van der Waals surface area contributed by atoms with Crippen molar-refractivity contribution in [2.45, 2.75) is 45.7 Å². The first-order valence-corrected chi connectivity index (χ1v) is 10.6. The van der Waals surface area contributed by atoms with Gasteiger partial charge < -0.3 is 20.4 Å². The minimum Gasteiger partial charge on any atom is -0.337 e. The molecule has 2 atom stereocenters. The lowest BCUT2D eigenvalue weighted by atomic mass is 10.0. The summed E-state index contributed by atoms with van der Waals surface area (Å²) in [5.74, 6) is 0.00858. The van der Waals surface area contributed by atoms with Crippen LogP contribution in [0.3, 0.4) is 0 Å². The number of benzene rings is 1. The Morgan fingerprint density at radius 2 is 1.77 bits per heavy atom. The van der Waals surface area contributed by atoms with E-state index in [0.29, 0.717) is 25.3 Å². The number of nitro benzene ring substituents is 1. The maximum Gasteiger partial charge on any atom is 0.319 e. The number of nitro groups is 1. The van der Waals surface area contributed by atoms with Gasteiger partial charge in [-0.1, -0.05) is 13.8 Å². The summed E-state index contributed by atoms with van der Waals surface area (Å²) in [6, 6.07) is 4.11. The Hall–Kier alpha value is -3.17. The van der Waals surface area contributed by atoms with E-state index in [0.717, 1.165) is 12.8 Å². The lowest BCUT2D eigenvalue weighted by molar-refractivity contribution is -0.384. The molecule has 4 amide bonds. The second kappa shape index (κ2) is 9.32. The average Bonchev–Trinajstić information content (AvgIpc) is 3.56. The molecule has 168 valence electrons. The van der Waals surface area contributed by atoms with Crippen molar-refractivity contribution >= 4 is 29.2 Å². The standard InChI is InChI=1S/C21H29N5O5/c1-13(2)18(23-21(29)22-16-6-8-17(9-7-16)26(30)31)20(28)24-10-11-25(14(3)12-24)19(27)15-4-5-15/h6-9,13-15,18H,4-5,10-12H2,1-3H3,(H2,22,23,29). The minimum absolute atomic E-state index is 0.0625. The topological polar surface area (TPSA) is 125 Å². The maximum absolute atomic E-state index is 13.1. The molecule has 2 N–H and O–H groups in total. The van der Waals surface area contributed by atoms with Crippen molar-refractivity contribution < 1.29 is 19.3 Å². The average molecular weight is 431 g/mol. The molecule has 1 heterocycles. The summed E-state index contributed by atoms with van der Waals surface area (Å²) in [4.78, 5) is 51.7. The molecule has 0 bridgehead atoms. The highest BCUT2D eigenvalue weighted by Crippen LogP contribution is 2.32. The number of piperazine rings is 1. The molecule has 0 radical (unpaired) electrons. The Labute approximate surface area is 181 Å². The van der Waals surface area contributed by atoms with Crippen LogP contribution in [0.5, 0.6) is 0 Å². The molecule has 31 heavy (non-hydrogen) atoms. The lowest BCUT2D eigenvalue weighted by Crippen LogP contribution is -2.60. The molecule has 1 saturated carbocycles. The number of urea groups is 1.